The molecule has 1 aromatic carbocycles. The number of rotatable bonds is 7. The Bertz CT molecular complexity index is 471. The SMILES string of the molecule is CN=C(NCC(=O)Nc1ccccc1)NC(C)CCC(C)C. The van der Waals surface area contributed by atoms with E-state index in [0.29, 0.717) is 17.9 Å². The first-order valence-electron chi connectivity index (χ1n) is 7.83. The Morgan fingerprint density at radius 1 is 1.14 bits per heavy atom. The van der Waals surface area contributed by atoms with Gasteiger partial charge in [0.25, 0.3) is 0 Å². The molecule has 1 unspecified atom stereocenters. The quantitative estimate of drug-likeness (QED) is 0.536. The molecule has 1 amide bonds. The van der Waals surface area contributed by atoms with E-state index in [1.807, 2.05) is 30.3 Å². The molecule has 0 aliphatic carbocycles. The van der Waals surface area contributed by atoms with E-state index in [4.69, 9.17) is 0 Å². The van der Waals surface area contributed by atoms with E-state index in [1.54, 1.807) is 7.05 Å². The van der Waals surface area contributed by atoms with Crippen LogP contribution in [-0.4, -0.2) is 31.5 Å². The Labute approximate surface area is 133 Å². The highest BCUT2D eigenvalue weighted by atomic mass is 16.1. The molecule has 5 heteroatoms. The lowest BCUT2D eigenvalue weighted by Crippen LogP contribution is -2.45. The van der Waals surface area contributed by atoms with Crippen molar-refractivity contribution in [3.63, 3.8) is 0 Å². The molecular weight excluding hydrogens is 276 g/mol. The molecule has 0 bridgehead atoms. The molecule has 0 spiro atoms. The first-order chi connectivity index (χ1) is 10.5. The van der Waals surface area contributed by atoms with Crippen molar-refractivity contribution in [2.75, 3.05) is 18.9 Å². The van der Waals surface area contributed by atoms with Gasteiger partial charge in [-0.3, -0.25) is 9.79 Å². The van der Waals surface area contributed by atoms with Crippen LogP contribution >= 0.6 is 0 Å². The molecule has 1 atom stereocenters. The predicted octanol–water partition coefficient (Wildman–Crippen LogP) is 2.61. The highest BCUT2D eigenvalue weighted by molar-refractivity contribution is 5.94. The predicted molar refractivity (Wildman–Crippen MR) is 93.1 cm³/mol. The Morgan fingerprint density at radius 3 is 2.41 bits per heavy atom. The Morgan fingerprint density at radius 2 is 1.82 bits per heavy atom. The molecule has 0 radical (unpaired) electrons. The van der Waals surface area contributed by atoms with Crippen LogP contribution in [0.5, 0.6) is 0 Å². The molecule has 0 fully saturated rings. The van der Waals surface area contributed by atoms with Gasteiger partial charge in [-0.25, -0.2) is 0 Å². The number of nitrogens with zero attached hydrogens (tertiary/aromatic N) is 1. The van der Waals surface area contributed by atoms with Gasteiger partial charge in [0.2, 0.25) is 5.91 Å². The van der Waals surface area contributed by atoms with Crippen LogP contribution in [0.15, 0.2) is 35.3 Å². The van der Waals surface area contributed by atoms with E-state index in [-0.39, 0.29) is 12.5 Å². The second kappa shape index (κ2) is 9.82. The normalized spacial score (nSPS) is 12.9. The second-order valence-electron chi connectivity index (χ2n) is 5.86. The Hall–Kier alpha value is -2.04. The third-order valence-corrected chi connectivity index (χ3v) is 3.26. The van der Waals surface area contributed by atoms with Crippen molar-refractivity contribution >= 4 is 17.6 Å². The number of guanidine groups is 1. The summed E-state index contributed by atoms with van der Waals surface area (Å²) in [7, 11) is 1.71. The molecule has 0 saturated carbocycles. The van der Waals surface area contributed by atoms with E-state index in [0.717, 1.165) is 12.1 Å². The number of benzene rings is 1. The van der Waals surface area contributed by atoms with Gasteiger partial charge in [-0.2, -0.15) is 0 Å². The summed E-state index contributed by atoms with van der Waals surface area (Å²) >= 11 is 0. The summed E-state index contributed by atoms with van der Waals surface area (Å²) in [5, 5.41) is 9.17. The fourth-order valence-corrected chi connectivity index (χ4v) is 1.97. The number of anilines is 1. The van der Waals surface area contributed by atoms with E-state index < -0.39 is 0 Å². The van der Waals surface area contributed by atoms with Crippen molar-refractivity contribution in [2.45, 2.75) is 39.7 Å². The van der Waals surface area contributed by atoms with Crippen LogP contribution in [0, 0.1) is 5.92 Å². The van der Waals surface area contributed by atoms with E-state index in [9.17, 15) is 4.79 Å². The molecule has 0 aromatic heterocycles. The molecule has 3 N–H and O–H groups in total. The van der Waals surface area contributed by atoms with Gasteiger partial charge in [-0.15, -0.1) is 0 Å². The summed E-state index contributed by atoms with van der Waals surface area (Å²) in [5.74, 6) is 1.25. The smallest absolute Gasteiger partial charge is 0.243 e. The summed E-state index contributed by atoms with van der Waals surface area (Å²) in [6.45, 7) is 6.74. The van der Waals surface area contributed by atoms with E-state index in [2.05, 4.69) is 41.7 Å². The minimum atomic E-state index is -0.0935. The monoisotopic (exact) mass is 304 g/mol. The summed E-state index contributed by atoms with van der Waals surface area (Å²) in [5.41, 5.74) is 0.794. The lowest BCUT2D eigenvalue weighted by molar-refractivity contribution is -0.115. The zero-order valence-corrected chi connectivity index (χ0v) is 14.0. The third-order valence-electron chi connectivity index (χ3n) is 3.26. The van der Waals surface area contributed by atoms with Crippen LogP contribution in [0.25, 0.3) is 0 Å². The van der Waals surface area contributed by atoms with Crippen molar-refractivity contribution in [1.29, 1.82) is 0 Å². The maximum atomic E-state index is 11.9. The number of nitrogens with one attached hydrogen (secondary N) is 3. The molecule has 1 rings (SSSR count). The minimum Gasteiger partial charge on any atom is -0.354 e. The topological polar surface area (TPSA) is 65.5 Å². The molecule has 22 heavy (non-hydrogen) atoms. The number of hydrogen-bond donors (Lipinski definition) is 3. The fraction of sp³-hybridized carbons (Fsp3) is 0.529. The standard InChI is InChI=1S/C17H28N4O/c1-13(2)10-11-14(3)20-17(18-4)19-12-16(22)21-15-8-6-5-7-9-15/h5-9,13-14H,10-12H2,1-4H3,(H,21,22)(H2,18,19,20). The van der Waals surface area contributed by atoms with Crippen LogP contribution < -0.4 is 16.0 Å². The van der Waals surface area contributed by atoms with Gasteiger partial charge < -0.3 is 16.0 Å². The van der Waals surface area contributed by atoms with Crippen molar-refractivity contribution in [2.24, 2.45) is 10.9 Å². The zero-order valence-electron chi connectivity index (χ0n) is 14.0. The number of hydrogen-bond acceptors (Lipinski definition) is 2. The minimum absolute atomic E-state index is 0.0935. The zero-order chi connectivity index (χ0) is 16.4. The number of carbonyl (C=O) groups excluding carboxylic acids is 1. The number of para-hydroxylation sites is 1. The van der Waals surface area contributed by atoms with Gasteiger partial charge in [0.15, 0.2) is 5.96 Å². The lowest BCUT2D eigenvalue weighted by Gasteiger charge is -2.18. The van der Waals surface area contributed by atoms with Gasteiger partial charge in [-0.05, 0) is 37.8 Å². The van der Waals surface area contributed by atoms with Gasteiger partial charge in [0, 0.05) is 18.8 Å². The van der Waals surface area contributed by atoms with Crippen LogP contribution in [0.4, 0.5) is 5.69 Å². The van der Waals surface area contributed by atoms with Crippen LogP contribution in [0.1, 0.15) is 33.6 Å². The molecule has 5 nitrogen and oxygen atoms in total. The highest BCUT2D eigenvalue weighted by Crippen LogP contribution is 2.06. The van der Waals surface area contributed by atoms with Gasteiger partial charge in [-0.1, -0.05) is 32.0 Å². The van der Waals surface area contributed by atoms with Crippen molar-refractivity contribution in [3.8, 4) is 0 Å². The molecule has 0 saturated heterocycles. The average molecular weight is 304 g/mol. The Kier molecular flexibility index (Phi) is 8.04. The summed E-state index contributed by atoms with van der Waals surface area (Å²) < 4.78 is 0. The second-order valence-corrected chi connectivity index (χ2v) is 5.86. The van der Waals surface area contributed by atoms with Gasteiger partial charge in [0.1, 0.15) is 0 Å². The summed E-state index contributed by atoms with van der Waals surface area (Å²) in [4.78, 5) is 16.0. The first kappa shape index (κ1) is 18.0. The lowest BCUT2D eigenvalue weighted by atomic mass is 10.0. The third kappa shape index (κ3) is 7.67. The maximum Gasteiger partial charge on any atom is 0.243 e. The van der Waals surface area contributed by atoms with Crippen molar-refractivity contribution < 1.29 is 4.79 Å². The average Bonchev–Trinajstić information content (AvgIpc) is 2.50. The summed E-state index contributed by atoms with van der Waals surface area (Å²) in [6.07, 6.45) is 2.24. The molecule has 122 valence electrons. The molecule has 0 aliphatic rings. The van der Waals surface area contributed by atoms with Crippen LogP contribution in [0.3, 0.4) is 0 Å². The van der Waals surface area contributed by atoms with Crippen molar-refractivity contribution in [1.82, 2.24) is 10.6 Å². The first-order valence-corrected chi connectivity index (χ1v) is 7.83. The van der Waals surface area contributed by atoms with Gasteiger partial charge >= 0.3 is 0 Å². The van der Waals surface area contributed by atoms with Gasteiger partial charge in [0.05, 0.1) is 6.54 Å². The molecule has 1 aromatic rings. The highest BCUT2D eigenvalue weighted by Gasteiger charge is 2.08. The van der Waals surface area contributed by atoms with E-state index >= 15 is 0 Å². The molecular formula is C17H28N4O. The number of amides is 1. The van der Waals surface area contributed by atoms with E-state index in [1.165, 1.54) is 6.42 Å². The van der Waals surface area contributed by atoms with Crippen molar-refractivity contribution in [3.05, 3.63) is 30.3 Å². The van der Waals surface area contributed by atoms with Crippen LogP contribution in [-0.2, 0) is 4.79 Å². The number of aliphatic imine (C=N–C) groups is 1. The maximum absolute atomic E-state index is 11.9. The Balaban J connectivity index is 2.33. The number of carbonyl (C=O) groups is 1. The summed E-state index contributed by atoms with van der Waals surface area (Å²) in [6, 6.07) is 9.74. The molecule has 0 aliphatic heterocycles. The van der Waals surface area contributed by atoms with Crippen LogP contribution in [0.2, 0.25) is 0 Å². The largest absolute Gasteiger partial charge is 0.354 e. The fourth-order valence-electron chi connectivity index (χ4n) is 1.97. The molecule has 0 heterocycles.